The van der Waals surface area contributed by atoms with Crippen molar-refractivity contribution >= 4 is 5.91 Å². The minimum Gasteiger partial charge on any atom is -0.490 e. The fourth-order valence-corrected chi connectivity index (χ4v) is 3.06. The predicted molar refractivity (Wildman–Crippen MR) is 88.7 cm³/mol. The summed E-state index contributed by atoms with van der Waals surface area (Å²) >= 11 is 0. The molecule has 1 aliphatic rings. The Morgan fingerprint density at radius 1 is 1.42 bits per heavy atom. The first kappa shape index (κ1) is 18.3. The monoisotopic (exact) mass is 367 g/mol. The Bertz CT molecular complexity index is 805. The van der Waals surface area contributed by atoms with Gasteiger partial charge in [-0.05, 0) is 12.0 Å². The van der Waals surface area contributed by atoms with E-state index >= 15 is 0 Å². The Morgan fingerprint density at radius 2 is 2.19 bits per heavy atom. The third kappa shape index (κ3) is 3.54. The highest BCUT2D eigenvalue weighted by molar-refractivity contribution is 5.95. The Hall–Kier alpha value is -2.51. The van der Waals surface area contributed by atoms with Crippen LogP contribution in [-0.4, -0.2) is 22.3 Å². The second-order valence-electron chi connectivity index (χ2n) is 6.64. The number of amides is 1. The summed E-state index contributed by atoms with van der Waals surface area (Å²) in [6.45, 7) is 4.28. The van der Waals surface area contributed by atoms with E-state index in [1.807, 2.05) is 13.8 Å². The van der Waals surface area contributed by atoms with Crippen molar-refractivity contribution in [3.05, 3.63) is 47.0 Å². The van der Waals surface area contributed by atoms with Crippen molar-refractivity contribution in [3.8, 4) is 5.75 Å². The second kappa shape index (κ2) is 7.39. The zero-order chi connectivity index (χ0) is 18.8. The summed E-state index contributed by atoms with van der Waals surface area (Å²) in [5.41, 5.74) is -0.0643. The van der Waals surface area contributed by atoms with E-state index in [1.165, 1.54) is 16.8 Å². The van der Waals surface area contributed by atoms with Crippen molar-refractivity contribution in [1.82, 2.24) is 15.1 Å². The maximum atomic E-state index is 13.8. The standard InChI is InChI=1S/C18H20F3N3O2/c1-10(2)9-24-15(17(20)21)12(8-22-24)18(25)23-14-6-7-26-16-11(14)4-3-5-13(16)19/h3-5,8,10,14,17H,6-7,9H2,1-2H3,(H,23,25). The Balaban J connectivity index is 1.86. The molecule has 1 N–H and O–H groups in total. The molecule has 1 aromatic heterocycles. The van der Waals surface area contributed by atoms with Crippen molar-refractivity contribution < 1.29 is 22.7 Å². The lowest BCUT2D eigenvalue weighted by atomic mass is 10.00. The molecule has 1 aliphatic heterocycles. The van der Waals surface area contributed by atoms with Gasteiger partial charge in [-0.15, -0.1) is 0 Å². The van der Waals surface area contributed by atoms with E-state index in [9.17, 15) is 18.0 Å². The molecule has 1 atom stereocenters. The van der Waals surface area contributed by atoms with E-state index in [1.54, 1.807) is 6.07 Å². The number of alkyl halides is 2. The topological polar surface area (TPSA) is 56.2 Å². The molecule has 1 unspecified atom stereocenters. The van der Waals surface area contributed by atoms with Gasteiger partial charge >= 0.3 is 0 Å². The molecule has 140 valence electrons. The van der Waals surface area contributed by atoms with E-state index in [-0.39, 0.29) is 30.4 Å². The van der Waals surface area contributed by atoms with Crippen LogP contribution in [0.4, 0.5) is 13.2 Å². The van der Waals surface area contributed by atoms with Gasteiger partial charge in [0, 0.05) is 18.5 Å². The van der Waals surface area contributed by atoms with E-state index < -0.39 is 29.9 Å². The summed E-state index contributed by atoms with van der Waals surface area (Å²) in [6.07, 6.45) is -1.24. The summed E-state index contributed by atoms with van der Waals surface area (Å²) in [6, 6.07) is 3.93. The number of benzene rings is 1. The van der Waals surface area contributed by atoms with Crippen LogP contribution in [0.5, 0.6) is 5.75 Å². The van der Waals surface area contributed by atoms with Crippen molar-refractivity contribution in [2.24, 2.45) is 5.92 Å². The first-order valence-corrected chi connectivity index (χ1v) is 8.44. The van der Waals surface area contributed by atoms with Gasteiger partial charge in [0.2, 0.25) is 0 Å². The molecule has 26 heavy (non-hydrogen) atoms. The molecule has 0 radical (unpaired) electrons. The SMILES string of the molecule is CC(C)Cn1ncc(C(=O)NC2CCOc3c(F)cccc32)c1C(F)F. The van der Waals surface area contributed by atoms with Crippen LogP contribution in [0.2, 0.25) is 0 Å². The number of carbonyl (C=O) groups excluding carboxylic acids is 1. The number of halogens is 3. The van der Waals surface area contributed by atoms with Crippen molar-refractivity contribution in [1.29, 1.82) is 0 Å². The molecule has 0 saturated heterocycles. The van der Waals surface area contributed by atoms with Gasteiger partial charge in [-0.25, -0.2) is 13.2 Å². The number of nitrogens with zero attached hydrogens (tertiary/aromatic N) is 2. The van der Waals surface area contributed by atoms with Crippen molar-refractivity contribution in [2.45, 2.75) is 39.3 Å². The zero-order valence-electron chi connectivity index (χ0n) is 14.5. The number of carbonyl (C=O) groups is 1. The molecule has 5 nitrogen and oxygen atoms in total. The van der Waals surface area contributed by atoms with E-state index in [2.05, 4.69) is 10.4 Å². The van der Waals surface area contributed by atoms with Crippen LogP contribution >= 0.6 is 0 Å². The van der Waals surface area contributed by atoms with Gasteiger partial charge in [-0.2, -0.15) is 5.10 Å². The molecule has 2 aromatic rings. The van der Waals surface area contributed by atoms with Gasteiger partial charge in [-0.3, -0.25) is 9.48 Å². The average Bonchev–Trinajstić information content (AvgIpc) is 2.99. The number of aromatic nitrogens is 2. The molecular weight excluding hydrogens is 347 g/mol. The largest absolute Gasteiger partial charge is 0.490 e. The predicted octanol–water partition coefficient (Wildman–Crippen LogP) is 3.87. The molecule has 3 rings (SSSR count). The molecule has 8 heteroatoms. The van der Waals surface area contributed by atoms with Crippen LogP contribution < -0.4 is 10.1 Å². The van der Waals surface area contributed by atoms with Crippen LogP contribution in [0.1, 0.15) is 54.4 Å². The highest BCUT2D eigenvalue weighted by atomic mass is 19.3. The van der Waals surface area contributed by atoms with Crippen molar-refractivity contribution in [3.63, 3.8) is 0 Å². The molecule has 0 fully saturated rings. The number of hydrogen-bond acceptors (Lipinski definition) is 3. The summed E-state index contributed by atoms with van der Waals surface area (Å²) in [7, 11) is 0. The van der Waals surface area contributed by atoms with Crippen molar-refractivity contribution in [2.75, 3.05) is 6.61 Å². The molecule has 0 bridgehead atoms. The van der Waals surface area contributed by atoms with Crippen LogP contribution in [0.3, 0.4) is 0 Å². The first-order valence-electron chi connectivity index (χ1n) is 8.44. The van der Waals surface area contributed by atoms with Gasteiger partial charge < -0.3 is 10.1 Å². The maximum absolute atomic E-state index is 13.8. The number of rotatable bonds is 5. The molecule has 0 spiro atoms. The quantitative estimate of drug-likeness (QED) is 0.873. The van der Waals surface area contributed by atoms with E-state index in [4.69, 9.17) is 4.74 Å². The Labute approximate surface area is 149 Å². The molecule has 2 heterocycles. The Morgan fingerprint density at radius 3 is 2.88 bits per heavy atom. The van der Waals surface area contributed by atoms with Gasteiger partial charge in [0.1, 0.15) is 5.69 Å². The average molecular weight is 367 g/mol. The maximum Gasteiger partial charge on any atom is 0.280 e. The summed E-state index contributed by atoms with van der Waals surface area (Å²) < 4.78 is 47.3. The minimum atomic E-state index is -2.82. The summed E-state index contributed by atoms with van der Waals surface area (Å²) in [4.78, 5) is 12.6. The van der Waals surface area contributed by atoms with Crippen LogP contribution in [0.15, 0.2) is 24.4 Å². The van der Waals surface area contributed by atoms with Crippen LogP contribution in [0.25, 0.3) is 0 Å². The lowest BCUT2D eigenvalue weighted by Crippen LogP contribution is -2.33. The third-order valence-electron chi connectivity index (χ3n) is 4.20. The van der Waals surface area contributed by atoms with Gasteiger partial charge in [-0.1, -0.05) is 26.0 Å². The highest BCUT2D eigenvalue weighted by Crippen LogP contribution is 2.34. The zero-order valence-corrected chi connectivity index (χ0v) is 14.5. The Kier molecular flexibility index (Phi) is 5.20. The number of nitrogens with one attached hydrogen (secondary N) is 1. The molecule has 1 aromatic carbocycles. The summed E-state index contributed by atoms with van der Waals surface area (Å²) in [5.74, 6) is -0.973. The number of para-hydroxylation sites is 1. The van der Waals surface area contributed by atoms with Gasteiger partial charge in [0.05, 0.1) is 24.4 Å². The summed E-state index contributed by atoms with van der Waals surface area (Å²) in [5, 5.41) is 6.65. The van der Waals surface area contributed by atoms with E-state index in [0.717, 1.165) is 6.20 Å². The van der Waals surface area contributed by atoms with Gasteiger partial charge in [0.25, 0.3) is 12.3 Å². The van der Waals surface area contributed by atoms with Crippen LogP contribution in [-0.2, 0) is 6.54 Å². The van der Waals surface area contributed by atoms with E-state index in [0.29, 0.717) is 12.0 Å². The fourth-order valence-electron chi connectivity index (χ4n) is 3.06. The first-order chi connectivity index (χ1) is 12.4. The number of ether oxygens (including phenoxy) is 1. The molecule has 1 amide bonds. The molecular formula is C18H20F3N3O2. The third-order valence-corrected chi connectivity index (χ3v) is 4.20. The second-order valence-corrected chi connectivity index (χ2v) is 6.64. The number of fused-ring (bicyclic) bond motifs is 1. The lowest BCUT2D eigenvalue weighted by Gasteiger charge is -2.27. The van der Waals surface area contributed by atoms with Crippen LogP contribution in [0, 0.1) is 11.7 Å². The fraction of sp³-hybridized carbons (Fsp3) is 0.444. The molecule has 0 aliphatic carbocycles. The lowest BCUT2D eigenvalue weighted by molar-refractivity contribution is 0.0906. The normalized spacial score (nSPS) is 16.5. The highest BCUT2D eigenvalue weighted by Gasteiger charge is 2.29. The number of hydrogen-bond donors (Lipinski definition) is 1. The smallest absolute Gasteiger partial charge is 0.280 e. The molecule has 0 saturated carbocycles. The van der Waals surface area contributed by atoms with Gasteiger partial charge in [0.15, 0.2) is 11.6 Å². The minimum absolute atomic E-state index is 0.0913.